The van der Waals surface area contributed by atoms with Crippen LogP contribution < -0.4 is 0 Å². The second-order valence-electron chi connectivity index (χ2n) is 4.65. The molecule has 0 aromatic carbocycles. The molecule has 1 aromatic heterocycles. The monoisotopic (exact) mass is 237 g/mol. The van der Waals surface area contributed by atoms with Crippen molar-refractivity contribution in [1.29, 1.82) is 0 Å². The highest BCUT2D eigenvalue weighted by atomic mass is 16.3. The average molecular weight is 237 g/mol. The van der Waals surface area contributed by atoms with Gasteiger partial charge >= 0.3 is 0 Å². The van der Waals surface area contributed by atoms with Gasteiger partial charge in [0, 0.05) is 19.2 Å². The predicted molar refractivity (Wildman–Crippen MR) is 62.9 cm³/mol. The number of aromatic nitrogens is 2. The van der Waals surface area contributed by atoms with Gasteiger partial charge in [-0.1, -0.05) is 13.3 Å². The van der Waals surface area contributed by atoms with Crippen LogP contribution in [0.4, 0.5) is 0 Å². The number of likely N-dealkylation sites (tertiary alicyclic amines) is 1. The lowest BCUT2D eigenvalue weighted by atomic mass is 10.0. The zero-order chi connectivity index (χ0) is 12.3. The van der Waals surface area contributed by atoms with Crippen LogP contribution in [-0.2, 0) is 18.1 Å². The van der Waals surface area contributed by atoms with Crippen LogP contribution in [-0.4, -0.2) is 32.0 Å². The molecule has 0 radical (unpaired) electrons. The van der Waals surface area contributed by atoms with Crippen LogP contribution in [0, 0.1) is 5.92 Å². The first-order valence-electron chi connectivity index (χ1n) is 6.12. The average Bonchev–Trinajstić information content (AvgIpc) is 2.88. The highest BCUT2D eigenvalue weighted by Gasteiger charge is 2.28. The van der Waals surface area contributed by atoms with Crippen LogP contribution in [0.5, 0.6) is 0 Å². The van der Waals surface area contributed by atoms with E-state index in [-0.39, 0.29) is 12.5 Å². The number of nitrogens with zero attached hydrogens (tertiary/aromatic N) is 3. The summed E-state index contributed by atoms with van der Waals surface area (Å²) in [6.45, 7) is 3.49. The van der Waals surface area contributed by atoms with Crippen LogP contribution in [0.25, 0.3) is 0 Å². The van der Waals surface area contributed by atoms with Gasteiger partial charge in [-0.3, -0.25) is 4.79 Å². The molecule has 0 aliphatic carbocycles. The summed E-state index contributed by atoms with van der Waals surface area (Å²) in [6, 6.07) is 0. The fourth-order valence-electron chi connectivity index (χ4n) is 2.35. The van der Waals surface area contributed by atoms with E-state index >= 15 is 0 Å². The molecule has 1 aliphatic heterocycles. The van der Waals surface area contributed by atoms with Gasteiger partial charge in [0.05, 0.1) is 25.3 Å². The van der Waals surface area contributed by atoms with E-state index in [1.807, 2.05) is 9.47 Å². The highest BCUT2D eigenvalue weighted by molar-refractivity contribution is 5.78. The summed E-state index contributed by atoms with van der Waals surface area (Å²) < 4.78 is 1.85. The number of imidazole rings is 1. The molecule has 1 amide bonds. The minimum atomic E-state index is -0.0561. The van der Waals surface area contributed by atoms with Gasteiger partial charge in [-0.25, -0.2) is 4.98 Å². The summed E-state index contributed by atoms with van der Waals surface area (Å²) in [5, 5.41) is 8.92. The Morgan fingerprint density at radius 2 is 2.41 bits per heavy atom. The smallest absolute Gasteiger partial charge is 0.224 e. The number of hydrogen-bond acceptors (Lipinski definition) is 3. The molecule has 1 fully saturated rings. The SMILES string of the molecule is CCCC1CC(=O)N(Cn2cnc(CO)c2)C1. The van der Waals surface area contributed by atoms with Crippen LogP contribution in [0.2, 0.25) is 0 Å². The zero-order valence-electron chi connectivity index (χ0n) is 10.2. The number of hydrogen-bond donors (Lipinski definition) is 1. The predicted octanol–water partition coefficient (Wildman–Crippen LogP) is 0.982. The molecule has 1 saturated heterocycles. The third kappa shape index (κ3) is 2.85. The van der Waals surface area contributed by atoms with Crippen molar-refractivity contribution in [2.45, 2.75) is 39.5 Å². The van der Waals surface area contributed by atoms with Gasteiger partial charge in [0.25, 0.3) is 0 Å². The minimum absolute atomic E-state index is 0.0561. The molecule has 1 atom stereocenters. The van der Waals surface area contributed by atoms with E-state index in [9.17, 15) is 4.79 Å². The standard InChI is InChI=1S/C12H19N3O2/c1-2-3-10-4-12(17)15(5-10)9-14-6-11(7-16)13-8-14/h6,8,10,16H,2-5,7,9H2,1H3. The quantitative estimate of drug-likeness (QED) is 0.830. The fourth-order valence-corrected chi connectivity index (χ4v) is 2.35. The van der Waals surface area contributed by atoms with E-state index in [1.54, 1.807) is 12.5 Å². The summed E-state index contributed by atoms with van der Waals surface area (Å²) in [5.41, 5.74) is 0.641. The Morgan fingerprint density at radius 3 is 3.06 bits per heavy atom. The molecule has 2 heterocycles. The van der Waals surface area contributed by atoms with Crippen molar-refractivity contribution in [3.8, 4) is 0 Å². The van der Waals surface area contributed by atoms with Gasteiger partial charge in [0.2, 0.25) is 5.91 Å². The molecule has 2 rings (SSSR count). The second kappa shape index (κ2) is 5.31. The van der Waals surface area contributed by atoms with Crippen molar-refractivity contribution >= 4 is 5.91 Å². The van der Waals surface area contributed by atoms with Crippen molar-refractivity contribution in [2.24, 2.45) is 5.92 Å². The minimum Gasteiger partial charge on any atom is -0.390 e. The second-order valence-corrected chi connectivity index (χ2v) is 4.65. The number of amides is 1. The lowest BCUT2D eigenvalue weighted by molar-refractivity contribution is -0.129. The molecular weight excluding hydrogens is 218 g/mol. The Balaban J connectivity index is 1.93. The van der Waals surface area contributed by atoms with E-state index in [0.717, 1.165) is 19.4 Å². The maximum absolute atomic E-state index is 11.8. The Kier molecular flexibility index (Phi) is 3.78. The Labute approximate surface area is 101 Å². The molecule has 1 aromatic rings. The number of rotatable bonds is 5. The van der Waals surface area contributed by atoms with E-state index in [0.29, 0.717) is 24.7 Å². The van der Waals surface area contributed by atoms with E-state index in [2.05, 4.69) is 11.9 Å². The van der Waals surface area contributed by atoms with Crippen LogP contribution in [0.1, 0.15) is 31.9 Å². The van der Waals surface area contributed by atoms with Crippen molar-refractivity contribution in [3.63, 3.8) is 0 Å². The molecule has 5 nitrogen and oxygen atoms in total. The lowest BCUT2D eigenvalue weighted by Gasteiger charge is -2.16. The van der Waals surface area contributed by atoms with E-state index < -0.39 is 0 Å². The van der Waals surface area contributed by atoms with Crippen LogP contribution in [0.15, 0.2) is 12.5 Å². The Bertz CT molecular complexity index is 389. The van der Waals surface area contributed by atoms with Crippen molar-refractivity contribution in [2.75, 3.05) is 6.54 Å². The van der Waals surface area contributed by atoms with E-state index in [4.69, 9.17) is 5.11 Å². The molecule has 94 valence electrons. The van der Waals surface area contributed by atoms with Gasteiger partial charge in [0.1, 0.15) is 0 Å². The maximum atomic E-state index is 11.8. The number of aliphatic hydroxyl groups excluding tert-OH is 1. The summed E-state index contributed by atoms with van der Waals surface area (Å²) >= 11 is 0. The Hall–Kier alpha value is -1.36. The van der Waals surface area contributed by atoms with Crippen molar-refractivity contribution in [1.82, 2.24) is 14.5 Å². The molecule has 17 heavy (non-hydrogen) atoms. The van der Waals surface area contributed by atoms with Gasteiger partial charge < -0.3 is 14.6 Å². The molecule has 1 unspecified atom stereocenters. The third-order valence-corrected chi connectivity index (χ3v) is 3.17. The first-order valence-corrected chi connectivity index (χ1v) is 6.12. The molecule has 0 spiro atoms. The highest BCUT2D eigenvalue weighted by Crippen LogP contribution is 2.22. The van der Waals surface area contributed by atoms with Gasteiger partial charge in [0.15, 0.2) is 0 Å². The van der Waals surface area contributed by atoms with Crippen molar-refractivity contribution in [3.05, 3.63) is 18.2 Å². The molecular formula is C12H19N3O2. The summed E-state index contributed by atoms with van der Waals surface area (Å²) in [4.78, 5) is 17.7. The Morgan fingerprint density at radius 1 is 1.59 bits per heavy atom. The van der Waals surface area contributed by atoms with Gasteiger partial charge in [-0.15, -0.1) is 0 Å². The fraction of sp³-hybridized carbons (Fsp3) is 0.667. The normalized spacial score (nSPS) is 20.2. The van der Waals surface area contributed by atoms with Crippen LogP contribution >= 0.6 is 0 Å². The molecule has 1 N–H and O–H groups in total. The topological polar surface area (TPSA) is 58.4 Å². The molecule has 0 bridgehead atoms. The zero-order valence-corrected chi connectivity index (χ0v) is 10.2. The van der Waals surface area contributed by atoms with Gasteiger partial charge in [-0.05, 0) is 12.3 Å². The largest absolute Gasteiger partial charge is 0.390 e. The van der Waals surface area contributed by atoms with E-state index in [1.165, 1.54) is 0 Å². The lowest BCUT2D eigenvalue weighted by Crippen LogP contribution is -2.27. The molecule has 5 heteroatoms. The first kappa shape index (κ1) is 12.1. The van der Waals surface area contributed by atoms with Crippen LogP contribution in [0.3, 0.4) is 0 Å². The third-order valence-electron chi connectivity index (χ3n) is 3.17. The summed E-state index contributed by atoms with van der Waals surface area (Å²) in [7, 11) is 0. The van der Waals surface area contributed by atoms with Gasteiger partial charge in [-0.2, -0.15) is 0 Å². The number of aliphatic hydroxyl groups is 1. The number of carbonyl (C=O) groups excluding carboxylic acids is 1. The molecule has 1 aliphatic rings. The summed E-state index contributed by atoms with van der Waals surface area (Å²) in [5.74, 6) is 0.732. The number of carbonyl (C=O) groups is 1. The van der Waals surface area contributed by atoms with Crippen molar-refractivity contribution < 1.29 is 9.90 Å². The first-order chi connectivity index (χ1) is 8.22. The molecule has 0 saturated carbocycles. The summed E-state index contributed by atoms with van der Waals surface area (Å²) in [6.07, 6.45) is 6.36. The maximum Gasteiger partial charge on any atom is 0.224 e.